The lowest BCUT2D eigenvalue weighted by atomic mass is 10.2. The smallest absolute Gasteiger partial charge is 0.262 e. The molecule has 3 rings (SSSR count). The second kappa shape index (κ2) is 6.20. The van der Waals surface area contributed by atoms with Crippen molar-refractivity contribution in [2.24, 2.45) is 0 Å². The maximum Gasteiger partial charge on any atom is 0.372 e. The molecule has 0 bridgehead atoms. The molecule has 1 aromatic carbocycles. The molecular formula is C15H13N5O3S. The number of nitrogens with zero attached hydrogens (tertiary/aromatic N) is 5. The van der Waals surface area contributed by atoms with Crippen molar-refractivity contribution in [2.45, 2.75) is 11.8 Å². The maximum absolute atomic E-state index is 12.2. The molecule has 0 atom stereocenters. The Morgan fingerprint density at radius 1 is 1.08 bits per heavy atom. The van der Waals surface area contributed by atoms with Gasteiger partial charge in [-0.2, -0.15) is 9.36 Å². The minimum absolute atomic E-state index is 0.136. The van der Waals surface area contributed by atoms with Crippen molar-refractivity contribution in [1.82, 2.24) is 24.8 Å². The molecule has 0 saturated heterocycles. The van der Waals surface area contributed by atoms with Crippen LogP contribution in [0.25, 0.3) is 11.9 Å². The van der Waals surface area contributed by atoms with Gasteiger partial charge in [0.05, 0.1) is 22.2 Å². The molecule has 9 heteroatoms. The summed E-state index contributed by atoms with van der Waals surface area (Å²) in [6.07, 6.45) is 4.08. The molecule has 0 fully saturated rings. The highest BCUT2D eigenvalue weighted by atomic mass is 32.2. The predicted octanol–water partition coefficient (Wildman–Crippen LogP) is 1.03. The van der Waals surface area contributed by atoms with Crippen molar-refractivity contribution in [3.05, 3.63) is 70.2 Å². The van der Waals surface area contributed by atoms with Gasteiger partial charge >= 0.3 is 5.69 Å². The van der Waals surface area contributed by atoms with Crippen LogP contribution in [0.4, 0.5) is 0 Å². The van der Waals surface area contributed by atoms with Gasteiger partial charge in [-0.1, -0.05) is 17.7 Å². The molecule has 3 aromatic rings. The first-order valence-corrected chi connectivity index (χ1v) is 8.47. The molecule has 0 aliphatic carbocycles. The standard InChI is InChI=1S/C15H13N5O3S/c1-12-4-6-14(7-5-12)24(22,23)10-9-19-15(21)20(18-17-19)13-3-2-8-16-11-13/h2-11H,1H3/b10-9+. The fourth-order valence-corrected chi connectivity index (χ4v) is 2.88. The monoisotopic (exact) mass is 343 g/mol. The van der Waals surface area contributed by atoms with Crippen LogP contribution in [-0.2, 0) is 9.84 Å². The number of pyridine rings is 1. The Morgan fingerprint density at radius 2 is 1.83 bits per heavy atom. The van der Waals surface area contributed by atoms with Crippen molar-refractivity contribution in [1.29, 1.82) is 0 Å². The Bertz CT molecular complexity index is 1030. The van der Waals surface area contributed by atoms with E-state index in [0.717, 1.165) is 26.5 Å². The SMILES string of the molecule is Cc1ccc(S(=O)(=O)/C=C/n2nnn(-c3cccnc3)c2=O)cc1. The molecule has 0 N–H and O–H groups in total. The molecule has 0 amide bonds. The molecular weight excluding hydrogens is 330 g/mol. The summed E-state index contributed by atoms with van der Waals surface area (Å²) in [6.45, 7) is 1.86. The number of rotatable bonds is 4. The highest BCUT2D eigenvalue weighted by molar-refractivity contribution is 7.94. The van der Waals surface area contributed by atoms with Crippen LogP contribution in [0.2, 0.25) is 0 Å². The van der Waals surface area contributed by atoms with Gasteiger partial charge in [0.15, 0.2) is 0 Å². The Labute approximate surface area is 137 Å². The summed E-state index contributed by atoms with van der Waals surface area (Å²) >= 11 is 0. The van der Waals surface area contributed by atoms with Gasteiger partial charge in [-0.25, -0.2) is 13.2 Å². The number of hydrogen-bond acceptors (Lipinski definition) is 6. The number of aryl methyl sites for hydroxylation is 1. The lowest BCUT2D eigenvalue weighted by Crippen LogP contribution is -2.21. The third-order valence-corrected chi connectivity index (χ3v) is 4.63. The lowest BCUT2D eigenvalue weighted by molar-refractivity contribution is 0.604. The lowest BCUT2D eigenvalue weighted by Gasteiger charge is -1.99. The molecule has 0 unspecified atom stereocenters. The topological polar surface area (TPSA) is 99.7 Å². The van der Waals surface area contributed by atoms with Gasteiger partial charge in [-0.05, 0) is 41.6 Å². The van der Waals surface area contributed by atoms with Crippen molar-refractivity contribution in [2.75, 3.05) is 0 Å². The molecule has 0 saturated carbocycles. The van der Waals surface area contributed by atoms with E-state index in [-0.39, 0.29) is 4.90 Å². The van der Waals surface area contributed by atoms with Crippen molar-refractivity contribution in [3.8, 4) is 5.69 Å². The Balaban J connectivity index is 1.92. The second-order valence-electron chi connectivity index (χ2n) is 4.97. The first kappa shape index (κ1) is 15.8. The number of tetrazole rings is 1. The van der Waals surface area contributed by atoms with E-state index in [0.29, 0.717) is 5.69 Å². The Kier molecular flexibility index (Phi) is 4.09. The summed E-state index contributed by atoms with van der Waals surface area (Å²) in [5.41, 5.74) is 0.787. The summed E-state index contributed by atoms with van der Waals surface area (Å²) in [7, 11) is -3.68. The quantitative estimate of drug-likeness (QED) is 0.701. The van der Waals surface area contributed by atoms with Crippen LogP contribution in [0.1, 0.15) is 5.56 Å². The molecule has 0 radical (unpaired) electrons. The zero-order chi connectivity index (χ0) is 17.2. The normalized spacial score (nSPS) is 11.9. The van der Waals surface area contributed by atoms with Crippen LogP contribution in [0.15, 0.2) is 63.9 Å². The summed E-state index contributed by atoms with van der Waals surface area (Å²) in [5, 5.41) is 8.26. The highest BCUT2D eigenvalue weighted by Crippen LogP contribution is 2.13. The summed E-state index contributed by atoms with van der Waals surface area (Å²) < 4.78 is 26.3. The highest BCUT2D eigenvalue weighted by Gasteiger charge is 2.11. The summed E-state index contributed by atoms with van der Waals surface area (Å²) in [5.74, 6) is 0. The van der Waals surface area contributed by atoms with Gasteiger partial charge in [0, 0.05) is 12.4 Å². The second-order valence-corrected chi connectivity index (χ2v) is 6.81. The van der Waals surface area contributed by atoms with Crippen LogP contribution in [0.3, 0.4) is 0 Å². The molecule has 0 aliphatic heterocycles. The van der Waals surface area contributed by atoms with E-state index >= 15 is 0 Å². The van der Waals surface area contributed by atoms with Crippen LogP contribution in [-0.4, -0.2) is 33.2 Å². The maximum atomic E-state index is 12.2. The number of aromatic nitrogens is 5. The van der Waals surface area contributed by atoms with E-state index in [1.807, 2.05) is 6.92 Å². The summed E-state index contributed by atoms with van der Waals surface area (Å²) in [6, 6.07) is 9.70. The number of sulfone groups is 1. The molecule has 8 nitrogen and oxygen atoms in total. The number of benzene rings is 1. The van der Waals surface area contributed by atoms with Crippen molar-refractivity contribution in [3.63, 3.8) is 0 Å². The first-order valence-electron chi connectivity index (χ1n) is 6.92. The van der Waals surface area contributed by atoms with Crippen LogP contribution >= 0.6 is 0 Å². The van der Waals surface area contributed by atoms with Crippen LogP contribution in [0.5, 0.6) is 0 Å². The molecule has 2 aromatic heterocycles. The Hall–Kier alpha value is -3.07. The zero-order valence-corrected chi connectivity index (χ0v) is 13.5. The molecule has 122 valence electrons. The largest absolute Gasteiger partial charge is 0.372 e. The van der Waals surface area contributed by atoms with E-state index < -0.39 is 15.5 Å². The molecule has 24 heavy (non-hydrogen) atoms. The Morgan fingerprint density at radius 3 is 2.50 bits per heavy atom. The zero-order valence-electron chi connectivity index (χ0n) is 12.6. The predicted molar refractivity (Wildman–Crippen MR) is 87.1 cm³/mol. The van der Waals surface area contributed by atoms with Gasteiger partial charge in [0.2, 0.25) is 9.84 Å². The van der Waals surface area contributed by atoms with E-state index in [1.54, 1.807) is 30.5 Å². The molecule has 0 aliphatic rings. The van der Waals surface area contributed by atoms with Gasteiger partial charge in [0.1, 0.15) is 0 Å². The number of hydrogen-bond donors (Lipinski definition) is 0. The van der Waals surface area contributed by atoms with E-state index in [1.165, 1.54) is 18.3 Å². The third kappa shape index (κ3) is 3.15. The van der Waals surface area contributed by atoms with E-state index in [4.69, 9.17) is 0 Å². The van der Waals surface area contributed by atoms with Gasteiger partial charge < -0.3 is 0 Å². The first-order chi connectivity index (χ1) is 11.5. The molecule has 0 spiro atoms. The van der Waals surface area contributed by atoms with Crippen molar-refractivity contribution >= 4 is 16.0 Å². The fourth-order valence-electron chi connectivity index (χ4n) is 1.94. The molecule has 2 heterocycles. The van der Waals surface area contributed by atoms with Crippen LogP contribution < -0.4 is 5.69 Å². The van der Waals surface area contributed by atoms with Gasteiger partial charge in [0.25, 0.3) is 0 Å². The minimum Gasteiger partial charge on any atom is -0.262 e. The average molecular weight is 343 g/mol. The average Bonchev–Trinajstić information content (AvgIpc) is 2.95. The van der Waals surface area contributed by atoms with Crippen molar-refractivity contribution < 1.29 is 8.42 Å². The summed E-state index contributed by atoms with van der Waals surface area (Å²) in [4.78, 5) is 16.2. The van der Waals surface area contributed by atoms with E-state index in [9.17, 15) is 13.2 Å². The third-order valence-electron chi connectivity index (χ3n) is 3.22. The van der Waals surface area contributed by atoms with Crippen LogP contribution in [0, 0.1) is 6.92 Å². The van der Waals surface area contributed by atoms with Gasteiger partial charge in [-0.3, -0.25) is 4.98 Å². The fraction of sp³-hybridized carbons (Fsp3) is 0.0667. The van der Waals surface area contributed by atoms with Gasteiger partial charge in [-0.15, -0.1) is 0 Å². The minimum atomic E-state index is -3.68. The van der Waals surface area contributed by atoms with E-state index in [2.05, 4.69) is 15.4 Å².